The van der Waals surface area contributed by atoms with Gasteiger partial charge in [-0.3, -0.25) is 14.4 Å². The Balaban J connectivity index is 2.73. The second kappa shape index (κ2) is 7.94. The fourth-order valence-corrected chi connectivity index (χ4v) is 5.76. The van der Waals surface area contributed by atoms with Gasteiger partial charge in [0.05, 0.1) is 25.1 Å². The van der Waals surface area contributed by atoms with E-state index in [2.05, 4.69) is 10.6 Å². The molecule has 138 valence electrons. The monoisotopic (exact) mass is 379 g/mol. The van der Waals surface area contributed by atoms with Crippen molar-refractivity contribution in [1.29, 1.82) is 0 Å². The molecule has 10 heteroatoms. The summed E-state index contributed by atoms with van der Waals surface area (Å²) in [6.45, 7) is 7.45. The van der Waals surface area contributed by atoms with Crippen molar-refractivity contribution < 1.29 is 24.6 Å². The van der Waals surface area contributed by atoms with Gasteiger partial charge in [-0.2, -0.15) is 0 Å². The van der Waals surface area contributed by atoms with E-state index in [1.807, 2.05) is 27.7 Å². The van der Waals surface area contributed by atoms with Crippen LogP contribution in [0.15, 0.2) is 0 Å². The molecule has 0 saturated carbocycles. The molecule has 1 rings (SSSR count). The van der Waals surface area contributed by atoms with Gasteiger partial charge in [0, 0.05) is 9.49 Å². The van der Waals surface area contributed by atoms with Crippen molar-refractivity contribution >= 4 is 39.4 Å². The molecule has 0 unspecified atom stereocenters. The highest BCUT2D eigenvalue weighted by atomic mass is 33.1. The summed E-state index contributed by atoms with van der Waals surface area (Å²) >= 11 is 0. The Labute approximate surface area is 149 Å². The second-order valence-electron chi connectivity index (χ2n) is 6.76. The van der Waals surface area contributed by atoms with Crippen LogP contribution in [-0.2, 0) is 14.4 Å². The Morgan fingerprint density at radius 3 is 2.04 bits per heavy atom. The van der Waals surface area contributed by atoms with E-state index in [1.54, 1.807) is 21.6 Å². The van der Waals surface area contributed by atoms with Gasteiger partial charge in [0.15, 0.2) is 0 Å². The van der Waals surface area contributed by atoms with Crippen LogP contribution >= 0.6 is 21.6 Å². The van der Waals surface area contributed by atoms with E-state index in [0.29, 0.717) is 0 Å². The molecule has 24 heavy (non-hydrogen) atoms. The second-order valence-corrected chi connectivity index (χ2v) is 10.2. The van der Waals surface area contributed by atoms with Gasteiger partial charge in [-0.1, -0.05) is 21.6 Å². The largest absolute Gasteiger partial charge is 0.481 e. The highest BCUT2D eigenvalue weighted by Crippen LogP contribution is 2.56. The van der Waals surface area contributed by atoms with Gasteiger partial charge in [-0.25, -0.2) is 0 Å². The average Bonchev–Trinajstić information content (AvgIpc) is 2.66. The maximum Gasteiger partial charge on any atom is 0.305 e. The number of hydrogen-bond acceptors (Lipinski definition) is 7. The third-order valence-electron chi connectivity index (χ3n) is 3.70. The summed E-state index contributed by atoms with van der Waals surface area (Å²) in [6, 6.07) is -2.64. The van der Waals surface area contributed by atoms with E-state index in [4.69, 9.17) is 10.8 Å². The van der Waals surface area contributed by atoms with E-state index in [0.717, 1.165) is 0 Å². The Hall–Kier alpha value is -0.970. The zero-order chi connectivity index (χ0) is 18.7. The minimum absolute atomic E-state index is 0.175. The average molecular weight is 380 g/mol. The van der Waals surface area contributed by atoms with Gasteiger partial charge >= 0.3 is 5.97 Å². The van der Waals surface area contributed by atoms with Gasteiger partial charge < -0.3 is 26.6 Å². The molecule has 0 aromatic heterocycles. The molecule has 2 atom stereocenters. The van der Waals surface area contributed by atoms with Gasteiger partial charge in [0.1, 0.15) is 6.04 Å². The number of carbonyl (C=O) groups is 3. The molecule has 6 N–H and O–H groups in total. The van der Waals surface area contributed by atoms with Crippen molar-refractivity contribution in [3.05, 3.63) is 0 Å². The molecule has 0 radical (unpaired) electrons. The zero-order valence-electron chi connectivity index (χ0n) is 14.2. The van der Waals surface area contributed by atoms with E-state index in [9.17, 15) is 19.5 Å². The zero-order valence-corrected chi connectivity index (χ0v) is 15.8. The smallest absolute Gasteiger partial charge is 0.305 e. The van der Waals surface area contributed by atoms with Crippen LogP contribution < -0.4 is 16.4 Å². The first-order valence-electron chi connectivity index (χ1n) is 7.46. The van der Waals surface area contributed by atoms with Gasteiger partial charge in [-0.15, -0.1) is 0 Å². The normalized spacial score (nSPS) is 21.8. The molecule has 1 saturated heterocycles. The molecular formula is C14H25N3O5S2. The first-order valence-corrected chi connectivity index (χ1v) is 9.61. The number of rotatable bonds is 7. The summed E-state index contributed by atoms with van der Waals surface area (Å²) in [7, 11) is 3.34. The van der Waals surface area contributed by atoms with Crippen LogP contribution in [0.25, 0.3) is 0 Å². The molecule has 0 spiro atoms. The number of carboxylic acid groups (broad SMARTS) is 1. The number of aliphatic carboxylic acids is 1. The Kier molecular flexibility index (Phi) is 6.97. The highest BCUT2D eigenvalue weighted by molar-refractivity contribution is 8.78. The Bertz CT molecular complexity index is 497. The van der Waals surface area contributed by atoms with Gasteiger partial charge in [-0.05, 0) is 27.7 Å². The molecule has 0 aliphatic carbocycles. The summed E-state index contributed by atoms with van der Waals surface area (Å²) in [4.78, 5) is 34.9. The van der Waals surface area contributed by atoms with Crippen molar-refractivity contribution in [2.45, 2.75) is 61.7 Å². The third-order valence-corrected chi connectivity index (χ3v) is 7.94. The number of amides is 2. The Morgan fingerprint density at radius 1 is 1.12 bits per heavy atom. The van der Waals surface area contributed by atoms with Crippen LogP contribution in [0.4, 0.5) is 0 Å². The first-order chi connectivity index (χ1) is 10.9. The summed E-state index contributed by atoms with van der Waals surface area (Å²) in [5.74, 6) is -2.53. The molecule has 0 aromatic rings. The number of carbonyl (C=O) groups excluding carboxylic acids is 2. The maximum atomic E-state index is 12.4. The molecule has 0 bridgehead atoms. The molecule has 1 heterocycles. The van der Waals surface area contributed by atoms with Crippen LogP contribution in [0, 0.1) is 0 Å². The lowest BCUT2D eigenvalue weighted by molar-refractivity contribution is -0.139. The third kappa shape index (κ3) is 5.27. The van der Waals surface area contributed by atoms with E-state index >= 15 is 0 Å². The first kappa shape index (κ1) is 21.1. The van der Waals surface area contributed by atoms with E-state index < -0.39 is 42.9 Å². The molecular weight excluding hydrogens is 354 g/mol. The van der Waals surface area contributed by atoms with Crippen molar-refractivity contribution in [2.75, 3.05) is 6.61 Å². The number of aliphatic hydroxyl groups excluding tert-OH is 1. The van der Waals surface area contributed by atoms with Crippen molar-refractivity contribution in [3.63, 3.8) is 0 Å². The lowest BCUT2D eigenvalue weighted by Crippen LogP contribution is -2.60. The summed E-state index contributed by atoms with van der Waals surface area (Å²) in [5.41, 5.74) is 5.46. The van der Waals surface area contributed by atoms with Crippen LogP contribution in [0.5, 0.6) is 0 Å². The number of carboxylic acids is 1. The minimum Gasteiger partial charge on any atom is -0.481 e. The maximum absolute atomic E-state index is 12.4. The number of nitrogens with one attached hydrogen (secondary N) is 2. The fraction of sp³-hybridized carbons (Fsp3) is 0.786. The van der Waals surface area contributed by atoms with Crippen molar-refractivity contribution in [1.82, 2.24) is 10.6 Å². The lowest BCUT2D eigenvalue weighted by atomic mass is 9.91. The molecule has 8 nitrogen and oxygen atoms in total. The Morgan fingerprint density at radius 2 is 1.62 bits per heavy atom. The molecule has 1 aliphatic heterocycles. The lowest BCUT2D eigenvalue weighted by Gasteiger charge is -2.34. The van der Waals surface area contributed by atoms with Crippen LogP contribution in [0.1, 0.15) is 34.1 Å². The van der Waals surface area contributed by atoms with Crippen molar-refractivity contribution in [3.8, 4) is 0 Å². The van der Waals surface area contributed by atoms with Gasteiger partial charge in [0.25, 0.3) is 0 Å². The number of aliphatic hydroxyl groups is 1. The van der Waals surface area contributed by atoms with Crippen molar-refractivity contribution in [2.24, 2.45) is 5.73 Å². The predicted octanol–water partition coefficient (Wildman–Crippen LogP) is -0.297. The predicted molar refractivity (Wildman–Crippen MR) is 94.5 cm³/mol. The summed E-state index contributed by atoms with van der Waals surface area (Å²) < 4.78 is -0.429. The standard InChI is InChI=1S/C14H25N3O5S2/c1-13(2)12(14(3,4)24-23-13)17-11(22)8(6-18)16-10(21)7(15)5-9(19)20/h7-8,12,18H,5-6,15H2,1-4H3,(H,16,21)(H,17,22)(H,19,20)/t7-,8+/m0/s1. The van der Waals surface area contributed by atoms with Crippen LogP contribution in [0.2, 0.25) is 0 Å². The van der Waals surface area contributed by atoms with Crippen LogP contribution in [0.3, 0.4) is 0 Å². The number of hydrogen-bond donors (Lipinski definition) is 5. The summed E-state index contributed by atoms with van der Waals surface area (Å²) in [5, 5.41) is 23.2. The van der Waals surface area contributed by atoms with Crippen LogP contribution in [-0.4, -0.2) is 62.2 Å². The minimum atomic E-state index is -1.28. The molecule has 2 amide bonds. The fourth-order valence-electron chi connectivity index (χ4n) is 2.49. The SMILES string of the molecule is CC1(C)SSC(C)(C)C1NC(=O)[C@@H](CO)NC(=O)[C@@H](N)CC(=O)O. The summed E-state index contributed by atoms with van der Waals surface area (Å²) in [6.07, 6.45) is -0.554. The van der Waals surface area contributed by atoms with E-state index in [1.165, 1.54) is 0 Å². The number of nitrogens with two attached hydrogens (primary N) is 1. The van der Waals surface area contributed by atoms with E-state index in [-0.39, 0.29) is 15.5 Å². The van der Waals surface area contributed by atoms with Gasteiger partial charge in [0.2, 0.25) is 11.8 Å². The molecule has 1 aliphatic rings. The molecule has 0 aromatic carbocycles. The molecule has 1 fully saturated rings. The topological polar surface area (TPSA) is 142 Å². The quantitative estimate of drug-likeness (QED) is 0.380. The highest BCUT2D eigenvalue weighted by Gasteiger charge is 2.50.